The third kappa shape index (κ3) is 4.39. The molecular formula is C22H24N2O4. The fourth-order valence-electron chi connectivity index (χ4n) is 3.26. The molecule has 3 rings (SSSR count). The highest BCUT2D eigenvalue weighted by molar-refractivity contribution is 6.01. The van der Waals surface area contributed by atoms with E-state index in [1.54, 1.807) is 29.2 Å². The molecule has 1 N–H and O–H groups in total. The molecule has 0 bridgehead atoms. The van der Waals surface area contributed by atoms with Crippen LogP contribution in [0.1, 0.15) is 25.8 Å². The minimum Gasteiger partial charge on any atom is -0.452 e. The Balaban J connectivity index is 1.60. The molecule has 1 aliphatic heterocycles. The first kappa shape index (κ1) is 19.6. The normalized spacial score (nSPS) is 17.3. The van der Waals surface area contributed by atoms with Crippen molar-refractivity contribution < 1.29 is 19.1 Å². The lowest BCUT2D eigenvalue weighted by molar-refractivity contribution is -0.157. The Morgan fingerprint density at radius 1 is 1.14 bits per heavy atom. The number of nitrogens with zero attached hydrogens (tertiary/aromatic N) is 1. The van der Waals surface area contributed by atoms with Crippen molar-refractivity contribution >= 4 is 29.2 Å². The van der Waals surface area contributed by atoms with Crippen LogP contribution in [-0.4, -0.2) is 30.4 Å². The summed E-state index contributed by atoms with van der Waals surface area (Å²) in [6.45, 7) is 3.82. The Labute approximate surface area is 164 Å². The largest absolute Gasteiger partial charge is 0.452 e. The molecule has 146 valence electrons. The van der Waals surface area contributed by atoms with Gasteiger partial charge < -0.3 is 15.0 Å². The summed E-state index contributed by atoms with van der Waals surface area (Å²) in [5.74, 6) is -1.62. The number of benzene rings is 2. The van der Waals surface area contributed by atoms with E-state index < -0.39 is 23.9 Å². The number of nitrogens with one attached hydrogen (secondary N) is 1. The number of anilines is 2. The Hall–Kier alpha value is -3.15. The summed E-state index contributed by atoms with van der Waals surface area (Å²) in [6.07, 6.45) is -0.0601. The summed E-state index contributed by atoms with van der Waals surface area (Å²) >= 11 is 0. The minimum atomic E-state index is -0.945. The predicted octanol–water partition coefficient (Wildman–Crippen LogP) is 3.17. The Bertz CT molecular complexity index is 866. The van der Waals surface area contributed by atoms with E-state index in [2.05, 4.69) is 5.32 Å². The van der Waals surface area contributed by atoms with Gasteiger partial charge in [-0.3, -0.25) is 14.4 Å². The van der Waals surface area contributed by atoms with Gasteiger partial charge in [0, 0.05) is 24.3 Å². The summed E-state index contributed by atoms with van der Waals surface area (Å²) in [5, 5.41) is 2.70. The van der Waals surface area contributed by atoms with Crippen molar-refractivity contribution in [3.63, 3.8) is 0 Å². The number of hydrogen-bond acceptors (Lipinski definition) is 4. The molecule has 1 saturated heterocycles. The molecule has 2 atom stereocenters. The zero-order chi connectivity index (χ0) is 20.1. The lowest BCUT2D eigenvalue weighted by Gasteiger charge is -2.20. The second-order valence-corrected chi connectivity index (χ2v) is 6.82. The van der Waals surface area contributed by atoms with Crippen molar-refractivity contribution in [3.05, 3.63) is 60.2 Å². The molecule has 1 heterocycles. The van der Waals surface area contributed by atoms with Crippen LogP contribution >= 0.6 is 0 Å². The third-order valence-electron chi connectivity index (χ3n) is 4.83. The number of aryl methyl sites for hydroxylation is 1. The zero-order valence-electron chi connectivity index (χ0n) is 16.1. The molecule has 28 heavy (non-hydrogen) atoms. The van der Waals surface area contributed by atoms with Crippen LogP contribution in [0.4, 0.5) is 11.4 Å². The lowest BCUT2D eigenvalue weighted by atomic mass is 10.1. The fourth-order valence-corrected chi connectivity index (χ4v) is 3.26. The fraction of sp³-hybridized carbons (Fsp3) is 0.318. The van der Waals surface area contributed by atoms with Crippen molar-refractivity contribution in [1.29, 1.82) is 0 Å². The molecule has 1 aliphatic rings. The minimum absolute atomic E-state index is 0.0872. The molecule has 6 heteroatoms. The van der Waals surface area contributed by atoms with E-state index in [9.17, 15) is 14.4 Å². The van der Waals surface area contributed by atoms with Gasteiger partial charge in [-0.25, -0.2) is 0 Å². The summed E-state index contributed by atoms with van der Waals surface area (Å²) in [4.78, 5) is 38.8. The third-order valence-corrected chi connectivity index (χ3v) is 4.83. The van der Waals surface area contributed by atoms with Crippen LogP contribution in [0.3, 0.4) is 0 Å². The summed E-state index contributed by atoms with van der Waals surface area (Å²) in [7, 11) is 0. The van der Waals surface area contributed by atoms with Gasteiger partial charge in [-0.2, -0.15) is 0 Å². The molecule has 0 radical (unpaired) electrons. The highest BCUT2D eigenvalue weighted by atomic mass is 16.5. The standard InChI is InChI=1S/C22H24N2O4/c1-3-16-9-7-8-12-19(16)24-14-17(13-20(24)25)22(27)28-15(2)21(26)23-18-10-5-4-6-11-18/h4-12,15,17H,3,13-14H2,1-2H3,(H,23,26)/t15-,17+/m1/s1. The SMILES string of the molecule is CCc1ccccc1N1C[C@@H](C(=O)O[C@H](C)C(=O)Nc2ccccc2)CC1=O. The maximum Gasteiger partial charge on any atom is 0.312 e. The number of hydrogen-bond donors (Lipinski definition) is 1. The van der Waals surface area contributed by atoms with Crippen molar-refractivity contribution in [2.75, 3.05) is 16.8 Å². The number of rotatable bonds is 6. The van der Waals surface area contributed by atoms with Gasteiger partial charge in [0.2, 0.25) is 5.91 Å². The lowest BCUT2D eigenvalue weighted by Crippen LogP contribution is -2.33. The van der Waals surface area contributed by atoms with Crippen LogP contribution in [-0.2, 0) is 25.5 Å². The molecule has 1 fully saturated rings. The van der Waals surface area contributed by atoms with Crippen molar-refractivity contribution in [3.8, 4) is 0 Å². The Morgan fingerprint density at radius 3 is 2.54 bits per heavy atom. The monoisotopic (exact) mass is 380 g/mol. The number of esters is 1. The Morgan fingerprint density at radius 2 is 1.82 bits per heavy atom. The first-order chi connectivity index (χ1) is 13.5. The van der Waals surface area contributed by atoms with E-state index in [1.165, 1.54) is 6.92 Å². The molecule has 0 aromatic heterocycles. The Kier molecular flexibility index (Phi) is 6.09. The van der Waals surface area contributed by atoms with Crippen LogP contribution in [0.2, 0.25) is 0 Å². The summed E-state index contributed by atoms with van der Waals surface area (Å²) < 4.78 is 5.33. The number of ether oxygens (including phenoxy) is 1. The summed E-state index contributed by atoms with van der Waals surface area (Å²) in [6, 6.07) is 16.6. The molecule has 0 spiro atoms. The average molecular weight is 380 g/mol. The maximum absolute atomic E-state index is 12.5. The van der Waals surface area contributed by atoms with Crippen LogP contribution < -0.4 is 10.2 Å². The van der Waals surface area contributed by atoms with E-state index in [0.29, 0.717) is 5.69 Å². The van der Waals surface area contributed by atoms with Crippen LogP contribution in [0.15, 0.2) is 54.6 Å². The summed E-state index contributed by atoms with van der Waals surface area (Å²) in [5.41, 5.74) is 2.52. The molecule has 2 aromatic rings. The molecular weight excluding hydrogens is 356 g/mol. The second kappa shape index (κ2) is 8.69. The van der Waals surface area contributed by atoms with Gasteiger partial charge in [0.25, 0.3) is 5.91 Å². The average Bonchev–Trinajstić information content (AvgIpc) is 3.10. The van der Waals surface area contributed by atoms with Gasteiger partial charge in [-0.05, 0) is 37.1 Å². The number of carbonyl (C=O) groups excluding carboxylic acids is 3. The van der Waals surface area contributed by atoms with Crippen LogP contribution in [0.5, 0.6) is 0 Å². The maximum atomic E-state index is 12.5. The first-order valence-electron chi connectivity index (χ1n) is 9.44. The van der Waals surface area contributed by atoms with Gasteiger partial charge >= 0.3 is 5.97 Å². The van der Waals surface area contributed by atoms with E-state index in [4.69, 9.17) is 4.74 Å². The van der Waals surface area contributed by atoms with Crippen LogP contribution in [0, 0.1) is 5.92 Å². The van der Waals surface area contributed by atoms with Gasteiger partial charge in [0.15, 0.2) is 6.10 Å². The number of carbonyl (C=O) groups is 3. The molecule has 2 amide bonds. The number of amides is 2. The van der Waals surface area contributed by atoms with E-state index >= 15 is 0 Å². The van der Waals surface area contributed by atoms with Gasteiger partial charge in [-0.15, -0.1) is 0 Å². The molecule has 2 aromatic carbocycles. The molecule has 6 nitrogen and oxygen atoms in total. The van der Waals surface area contributed by atoms with Crippen molar-refractivity contribution in [1.82, 2.24) is 0 Å². The van der Waals surface area contributed by atoms with Crippen LogP contribution in [0.25, 0.3) is 0 Å². The number of para-hydroxylation sites is 2. The van der Waals surface area contributed by atoms with E-state index in [0.717, 1.165) is 17.7 Å². The second-order valence-electron chi connectivity index (χ2n) is 6.82. The topological polar surface area (TPSA) is 75.7 Å². The highest BCUT2D eigenvalue weighted by Gasteiger charge is 2.37. The van der Waals surface area contributed by atoms with Crippen molar-refractivity contribution in [2.24, 2.45) is 5.92 Å². The van der Waals surface area contributed by atoms with Gasteiger partial charge in [0.05, 0.1) is 5.92 Å². The first-order valence-corrected chi connectivity index (χ1v) is 9.44. The highest BCUT2D eigenvalue weighted by Crippen LogP contribution is 2.29. The molecule has 0 unspecified atom stereocenters. The smallest absolute Gasteiger partial charge is 0.312 e. The molecule has 0 aliphatic carbocycles. The quantitative estimate of drug-likeness (QED) is 0.781. The predicted molar refractivity (Wildman–Crippen MR) is 107 cm³/mol. The van der Waals surface area contributed by atoms with Gasteiger partial charge in [0.1, 0.15) is 0 Å². The van der Waals surface area contributed by atoms with E-state index in [-0.39, 0.29) is 18.9 Å². The van der Waals surface area contributed by atoms with E-state index in [1.807, 2.05) is 37.3 Å². The van der Waals surface area contributed by atoms with Gasteiger partial charge in [-0.1, -0.05) is 43.3 Å². The zero-order valence-corrected chi connectivity index (χ0v) is 16.1. The van der Waals surface area contributed by atoms with Crippen molar-refractivity contribution in [2.45, 2.75) is 32.8 Å². The molecule has 0 saturated carbocycles.